The van der Waals surface area contributed by atoms with Crippen molar-refractivity contribution in [3.05, 3.63) is 58.6 Å². The molecule has 1 saturated heterocycles. The molecule has 8 nitrogen and oxygen atoms in total. The van der Waals surface area contributed by atoms with Gasteiger partial charge in [0.05, 0.1) is 28.7 Å². The van der Waals surface area contributed by atoms with Crippen LogP contribution in [0.15, 0.2) is 47.4 Å². The normalized spacial score (nSPS) is 17.6. The van der Waals surface area contributed by atoms with Crippen LogP contribution in [0.25, 0.3) is 0 Å². The van der Waals surface area contributed by atoms with E-state index in [1.165, 1.54) is 29.4 Å². The molecule has 0 N–H and O–H groups in total. The fraction of sp³-hybridized carbons (Fsp3) is 0.364. The van der Waals surface area contributed by atoms with E-state index in [1.54, 1.807) is 4.90 Å². The third-order valence-electron chi connectivity index (χ3n) is 5.55. The van der Waals surface area contributed by atoms with Crippen LogP contribution in [0.1, 0.15) is 22.8 Å². The molecule has 2 aliphatic heterocycles. The van der Waals surface area contributed by atoms with Gasteiger partial charge in [-0.25, -0.2) is 13.2 Å². The van der Waals surface area contributed by atoms with Gasteiger partial charge >= 0.3 is 5.97 Å². The standard InChI is InChI=1S/C22H23ClN2O6S/c1-15(21(26)25-9-8-16-4-2-3-5-20(16)25)31-22(27)18-14-17(6-7-19(18)23)32(28,29)24-10-12-30-13-11-24/h2-7,14-15H,8-13H2,1H3/t15-/m0/s1. The highest BCUT2D eigenvalue weighted by molar-refractivity contribution is 7.89. The molecule has 0 unspecified atom stereocenters. The molecule has 0 bridgehead atoms. The van der Waals surface area contributed by atoms with Crippen molar-refractivity contribution in [1.29, 1.82) is 0 Å². The molecule has 4 rings (SSSR count). The van der Waals surface area contributed by atoms with Gasteiger partial charge in [0.2, 0.25) is 10.0 Å². The zero-order valence-electron chi connectivity index (χ0n) is 17.5. The third-order valence-corrected chi connectivity index (χ3v) is 7.77. The van der Waals surface area contributed by atoms with Crippen molar-refractivity contribution in [3.8, 4) is 0 Å². The number of para-hydroxylation sites is 1. The fourth-order valence-corrected chi connectivity index (χ4v) is 5.45. The molecule has 2 aliphatic rings. The Labute approximate surface area is 191 Å². The maximum absolute atomic E-state index is 12.9. The molecule has 32 heavy (non-hydrogen) atoms. The van der Waals surface area contributed by atoms with E-state index in [1.807, 2.05) is 24.3 Å². The van der Waals surface area contributed by atoms with Crippen molar-refractivity contribution in [3.63, 3.8) is 0 Å². The first-order valence-corrected chi connectivity index (χ1v) is 12.1. The Balaban J connectivity index is 1.51. The van der Waals surface area contributed by atoms with Gasteiger partial charge in [-0.1, -0.05) is 29.8 Å². The molecule has 2 heterocycles. The number of carbonyl (C=O) groups excluding carboxylic acids is 2. The van der Waals surface area contributed by atoms with Crippen LogP contribution < -0.4 is 4.90 Å². The zero-order chi connectivity index (χ0) is 22.9. The summed E-state index contributed by atoms with van der Waals surface area (Å²) in [5.74, 6) is -1.21. The second kappa shape index (κ2) is 9.19. The van der Waals surface area contributed by atoms with Crippen molar-refractivity contribution >= 4 is 39.2 Å². The lowest BCUT2D eigenvalue weighted by molar-refractivity contribution is -0.126. The van der Waals surface area contributed by atoms with E-state index in [-0.39, 0.29) is 34.5 Å². The number of morpholine rings is 1. The van der Waals surface area contributed by atoms with Gasteiger partial charge in [-0.2, -0.15) is 4.31 Å². The SMILES string of the molecule is C[C@H](OC(=O)c1cc(S(=O)(=O)N2CCOCC2)ccc1Cl)C(=O)N1CCc2ccccc21. The van der Waals surface area contributed by atoms with Gasteiger partial charge in [0.25, 0.3) is 5.91 Å². The van der Waals surface area contributed by atoms with Crippen LogP contribution in [-0.2, 0) is 30.7 Å². The first kappa shape index (κ1) is 22.7. The van der Waals surface area contributed by atoms with Crippen molar-refractivity contribution < 1.29 is 27.5 Å². The summed E-state index contributed by atoms with van der Waals surface area (Å²) in [5, 5.41) is 0.0436. The van der Waals surface area contributed by atoms with Crippen LogP contribution in [0.5, 0.6) is 0 Å². The van der Waals surface area contributed by atoms with Gasteiger partial charge in [-0.3, -0.25) is 4.79 Å². The van der Waals surface area contributed by atoms with E-state index >= 15 is 0 Å². The lowest BCUT2D eigenvalue weighted by Crippen LogP contribution is -2.40. The maximum atomic E-state index is 12.9. The van der Waals surface area contributed by atoms with E-state index < -0.39 is 22.1 Å². The van der Waals surface area contributed by atoms with E-state index in [4.69, 9.17) is 21.1 Å². The number of rotatable bonds is 5. The number of amides is 1. The molecule has 0 saturated carbocycles. The van der Waals surface area contributed by atoms with Crippen LogP contribution in [0.3, 0.4) is 0 Å². The predicted octanol–water partition coefficient (Wildman–Crippen LogP) is 2.50. The van der Waals surface area contributed by atoms with Crippen molar-refractivity contribution in [2.75, 3.05) is 37.7 Å². The number of hydrogen-bond donors (Lipinski definition) is 0. The van der Waals surface area contributed by atoms with Crippen molar-refractivity contribution in [2.24, 2.45) is 0 Å². The van der Waals surface area contributed by atoms with E-state index in [0.29, 0.717) is 19.8 Å². The maximum Gasteiger partial charge on any atom is 0.340 e. The van der Waals surface area contributed by atoms with Crippen LogP contribution in [0.4, 0.5) is 5.69 Å². The van der Waals surface area contributed by atoms with Crippen LogP contribution in [0, 0.1) is 0 Å². The number of carbonyl (C=O) groups is 2. The van der Waals surface area contributed by atoms with Crippen LogP contribution in [-0.4, -0.2) is 63.6 Å². The molecule has 0 radical (unpaired) electrons. The summed E-state index contributed by atoms with van der Waals surface area (Å²) in [5.41, 5.74) is 1.75. The molecule has 0 aromatic heterocycles. The number of esters is 1. The topological polar surface area (TPSA) is 93.2 Å². The summed E-state index contributed by atoms with van der Waals surface area (Å²) in [6, 6.07) is 11.5. The van der Waals surface area contributed by atoms with Crippen LogP contribution >= 0.6 is 11.6 Å². The first-order chi connectivity index (χ1) is 15.3. The Kier molecular flexibility index (Phi) is 6.52. The largest absolute Gasteiger partial charge is 0.449 e. The predicted molar refractivity (Wildman–Crippen MR) is 118 cm³/mol. The highest BCUT2D eigenvalue weighted by Gasteiger charge is 2.31. The number of hydrogen-bond acceptors (Lipinski definition) is 6. The molecule has 1 amide bonds. The Morgan fingerprint density at radius 1 is 1.09 bits per heavy atom. The minimum absolute atomic E-state index is 0.0436. The molecule has 0 aliphatic carbocycles. The Morgan fingerprint density at radius 2 is 1.81 bits per heavy atom. The molecule has 2 aromatic rings. The number of nitrogens with zero attached hydrogens (tertiary/aromatic N) is 2. The number of halogens is 1. The van der Waals surface area contributed by atoms with Gasteiger partial charge in [-0.05, 0) is 43.2 Å². The number of benzene rings is 2. The molecular weight excluding hydrogens is 456 g/mol. The molecule has 2 aromatic carbocycles. The van der Waals surface area contributed by atoms with Gasteiger partial charge in [0.1, 0.15) is 0 Å². The molecular formula is C22H23ClN2O6S. The van der Waals surface area contributed by atoms with Crippen molar-refractivity contribution in [1.82, 2.24) is 4.31 Å². The Morgan fingerprint density at radius 3 is 2.56 bits per heavy atom. The van der Waals surface area contributed by atoms with Gasteiger partial charge in [0, 0.05) is 25.3 Å². The zero-order valence-corrected chi connectivity index (χ0v) is 19.1. The second-order valence-electron chi connectivity index (χ2n) is 7.57. The lowest BCUT2D eigenvalue weighted by atomic mass is 10.2. The van der Waals surface area contributed by atoms with Gasteiger partial charge < -0.3 is 14.4 Å². The smallest absolute Gasteiger partial charge is 0.340 e. The highest BCUT2D eigenvalue weighted by atomic mass is 35.5. The Bertz CT molecular complexity index is 1150. The first-order valence-electron chi connectivity index (χ1n) is 10.3. The van der Waals surface area contributed by atoms with E-state index in [2.05, 4.69) is 0 Å². The molecule has 1 fully saturated rings. The lowest BCUT2D eigenvalue weighted by Gasteiger charge is -2.26. The minimum atomic E-state index is -3.81. The summed E-state index contributed by atoms with van der Waals surface area (Å²) in [6.07, 6.45) is -0.334. The van der Waals surface area contributed by atoms with Crippen LogP contribution in [0.2, 0.25) is 5.02 Å². The summed E-state index contributed by atoms with van der Waals surface area (Å²) >= 11 is 6.16. The monoisotopic (exact) mass is 478 g/mol. The minimum Gasteiger partial charge on any atom is -0.449 e. The molecule has 170 valence electrons. The average Bonchev–Trinajstić information content (AvgIpc) is 3.23. The summed E-state index contributed by atoms with van der Waals surface area (Å²) in [6.45, 7) is 3.07. The van der Waals surface area contributed by atoms with Gasteiger partial charge in [0.15, 0.2) is 6.10 Å². The average molecular weight is 479 g/mol. The Hall–Kier alpha value is -2.46. The quantitative estimate of drug-likeness (QED) is 0.613. The summed E-state index contributed by atoms with van der Waals surface area (Å²) in [7, 11) is -3.81. The van der Waals surface area contributed by atoms with E-state index in [9.17, 15) is 18.0 Å². The fourth-order valence-electron chi connectivity index (χ4n) is 3.82. The van der Waals surface area contributed by atoms with Gasteiger partial charge in [-0.15, -0.1) is 0 Å². The summed E-state index contributed by atoms with van der Waals surface area (Å²) < 4.78 is 37.7. The number of anilines is 1. The van der Waals surface area contributed by atoms with E-state index in [0.717, 1.165) is 17.7 Å². The summed E-state index contributed by atoms with van der Waals surface area (Å²) in [4.78, 5) is 27.2. The highest BCUT2D eigenvalue weighted by Crippen LogP contribution is 2.29. The third kappa shape index (κ3) is 4.38. The second-order valence-corrected chi connectivity index (χ2v) is 9.92. The molecule has 1 atom stereocenters. The van der Waals surface area contributed by atoms with Crippen molar-refractivity contribution in [2.45, 2.75) is 24.3 Å². The molecule has 0 spiro atoms. The number of fused-ring (bicyclic) bond motifs is 1. The number of sulfonamides is 1. The molecule has 10 heteroatoms. The number of ether oxygens (including phenoxy) is 2.